The Hall–Kier alpha value is -1.85. The van der Waals surface area contributed by atoms with Crippen LogP contribution in [0.2, 0.25) is 0 Å². The van der Waals surface area contributed by atoms with E-state index in [2.05, 4.69) is 10.4 Å². The van der Waals surface area contributed by atoms with Crippen LogP contribution in [0.25, 0.3) is 5.69 Å². The van der Waals surface area contributed by atoms with Gasteiger partial charge in [0.25, 0.3) is 0 Å². The largest absolute Gasteiger partial charge is 0.352 e. The van der Waals surface area contributed by atoms with Gasteiger partial charge in [0.1, 0.15) is 0 Å². The zero-order valence-electron chi connectivity index (χ0n) is 13.0. The number of nitrogens with two attached hydrogens (primary N) is 1. The fourth-order valence-electron chi connectivity index (χ4n) is 3.00. The number of nitrogens with one attached hydrogen (secondary N) is 1. The third kappa shape index (κ3) is 4.56. The second-order valence-corrected chi connectivity index (χ2v) is 5.96. The molecule has 0 radical (unpaired) electrons. The Morgan fingerprint density at radius 3 is 2.78 bits per heavy atom. The molecule has 1 aromatic heterocycles. The number of nitrogens with zero attached hydrogens (tertiary/aromatic N) is 2. The number of aromatic nitrogens is 2. The van der Waals surface area contributed by atoms with Crippen LogP contribution in [-0.4, -0.2) is 21.7 Å². The molecule has 5 nitrogen and oxygen atoms in total. The van der Waals surface area contributed by atoms with Crippen LogP contribution in [0.4, 0.5) is 0 Å². The average Bonchev–Trinajstić information content (AvgIpc) is 3.16. The Labute approximate surface area is 142 Å². The Morgan fingerprint density at radius 2 is 2.09 bits per heavy atom. The lowest BCUT2D eigenvalue weighted by atomic mass is 10.00. The number of carbonyl (C=O) groups excluding carboxylic acids is 1. The summed E-state index contributed by atoms with van der Waals surface area (Å²) in [7, 11) is 0. The number of benzene rings is 1. The molecule has 1 aliphatic rings. The van der Waals surface area contributed by atoms with Gasteiger partial charge in [-0.15, -0.1) is 12.4 Å². The van der Waals surface area contributed by atoms with Crippen molar-refractivity contribution in [3.8, 4) is 5.69 Å². The molecule has 0 saturated heterocycles. The van der Waals surface area contributed by atoms with Gasteiger partial charge in [-0.25, -0.2) is 4.68 Å². The summed E-state index contributed by atoms with van der Waals surface area (Å²) >= 11 is 0. The van der Waals surface area contributed by atoms with Crippen molar-refractivity contribution in [2.45, 2.75) is 38.3 Å². The normalized spacial score (nSPS) is 20.0. The summed E-state index contributed by atoms with van der Waals surface area (Å²) in [5, 5.41) is 7.29. The van der Waals surface area contributed by atoms with Crippen molar-refractivity contribution in [3.63, 3.8) is 0 Å². The minimum atomic E-state index is 0. The highest BCUT2D eigenvalue weighted by molar-refractivity contribution is 5.85. The van der Waals surface area contributed by atoms with Gasteiger partial charge >= 0.3 is 0 Å². The summed E-state index contributed by atoms with van der Waals surface area (Å²) in [6.07, 6.45) is 7.52. The van der Waals surface area contributed by atoms with Crippen molar-refractivity contribution in [2.75, 3.05) is 0 Å². The fourth-order valence-corrected chi connectivity index (χ4v) is 3.00. The van der Waals surface area contributed by atoms with Crippen LogP contribution in [0.15, 0.2) is 42.7 Å². The second-order valence-electron chi connectivity index (χ2n) is 5.96. The maximum atomic E-state index is 12.0. The predicted molar refractivity (Wildman–Crippen MR) is 92.6 cm³/mol. The van der Waals surface area contributed by atoms with E-state index < -0.39 is 0 Å². The molecule has 23 heavy (non-hydrogen) atoms. The predicted octanol–water partition coefficient (Wildman–Crippen LogP) is 2.43. The highest BCUT2D eigenvalue weighted by atomic mass is 35.5. The van der Waals surface area contributed by atoms with Crippen LogP contribution in [-0.2, 0) is 11.3 Å². The number of hydrogen-bond donors (Lipinski definition) is 2. The maximum absolute atomic E-state index is 12.0. The summed E-state index contributed by atoms with van der Waals surface area (Å²) in [4.78, 5) is 12.0. The van der Waals surface area contributed by atoms with Gasteiger partial charge in [0, 0.05) is 30.8 Å². The molecule has 0 bridgehead atoms. The van der Waals surface area contributed by atoms with Gasteiger partial charge in [-0.3, -0.25) is 4.79 Å². The first-order valence-corrected chi connectivity index (χ1v) is 7.83. The summed E-state index contributed by atoms with van der Waals surface area (Å²) in [6.45, 7) is 0.508. The van der Waals surface area contributed by atoms with Crippen molar-refractivity contribution in [3.05, 3.63) is 48.3 Å². The van der Waals surface area contributed by atoms with E-state index in [4.69, 9.17) is 5.73 Å². The lowest BCUT2D eigenvalue weighted by molar-refractivity contribution is -0.122. The first-order chi connectivity index (χ1) is 10.7. The van der Waals surface area contributed by atoms with E-state index in [1.54, 1.807) is 6.20 Å². The number of rotatable bonds is 5. The van der Waals surface area contributed by atoms with Gasteiger partial charge in [-0.2, -0.15) is 5.10 Å². The van der Waals surface area contributed by atoms with Gasteiger partial charge in [0.15, 0.2) is 0 Å². The van der Waals surface area contributed by atoms with Gasteiger partial charge in [0.2, 0.25) is 5.91 Å². The number of amides is 1. The summed E-state index contributed by atoms with van der Waals surface area (Å²) in [5.41, 5.74) is 8.01. The maximum Gasteiger partial charge on any atom is 0.220 e. The van der Waals surface area contributed by atoms with Crippen molar-refractivity contribution in [2.24, 2.45) is 11.7 Å². The topological polar surface area (TPSA) is 72.9 Å². The number of para-hydroxylation sites is 1. The first kappa shape index (κ1) is 17.5. The quantitative estimate of drug-likeness (QED) is 0.882. The molecule has 1 saturated carbocycles. The summed E-state index contributed by atoms with van der Waals surface area (Å²) in [5.74, 6) is 0.418. The van der Waals surface area contributed by atoms with E-state index in [0.29, 0.717) is 18.9 Å². The van der Waals surface area contributed by atoms with E-state index >= 15 is 0 Å². The van der Waals surface area contributed by atoms with Crippen LogP contribution in [0.5, 0.6) is 0 Å². The molecule has 1 aromatic carbocycles. The zero-order chi connectivity index (χ0) is 15.4. The minimum Gasteiger partial charge on any atom is -0.352 e. The molecule has 0 spiro atoms. The molecule has 2 atom stereocenters. The lowest BCUT2D eigenvalue weighted by Gasteiger charge is -2.14. The number of carbonyl (C=O) groups is 1. The molecular weight excluding hydrogens is 312 g/mol. The first-order valence-electron chi connectivity index (χ1n) is 7.83. The second kappa shape index (κ2) is 8.13. The SMILES string of the molecule is Cl.N[C@@H]1CCC[C@H]1CC(=O)NCc1cnn(-c2ccccc2)c1. The average molecular weight is 335 g/mol. The molecule has 6 heteroatoms. The third-order valence-electron chi connectivity index (χ3n) is 4.31. The van der Waals surface area contributed by atoms with E-state index in [-0.39, 0.29) is 24.4 Å². The lowest BCUT2D eigenvalue weighted by Crippen LogP contribution is -2.31. The molecule has 3 rings (SSSR count). The van der Waals surface area contributed by atoms with E-state index in [1.807, 2.05) is 41.2 Å². The van der Waals surface area contributed by atoms with E-state index in [9.17, 15) is 4.79 Å². The molecule has 1 aliphatic carbocycles. The van der Waals surface area contributed by atoms with Crippen molar-refractivity contribution < 1.29 is 4.79 Å². The Kier molecular flexibility index (Phi) is 6.19. The van der Waals surface area contributed by atoms with Crippen LogP contribution < -0.4 is 11.1 Å². The molecule has 1 amide bonds. The van der Waals surface area contributed by atoms with Crippen LogP contribution in [0, 0.1) is 5.92 Å². The molecule has 0 unspecified atom stereocenters. The highest BCUT2D eigenvalue weighted by Gasteiger charge is 2.25. The van der Waals surface area contributed by atoms with Gasteiger partial charge in [0.05, 0.1) is 11.9 Å². The Bertz CT molecular complexity index is 629. The van der Waals surface area contributed by atoms with Crippen molar-refractivity contribution in [1.82, 2.24) is 15.1 Å². The molecule has 0 aliphatic heterocycles. The van der Waals surface area contributed by atoms with Crippen LogP contribution in [0.3, 0.4) is 0 Å². The van der Waals surface area contributed by atoms with Gasteiger partial charge < -0.3 is 11.1 Å². The van der Waals surface area contributed by atoms with Gasteiger partial charge in [-0.05, 0) is 30.9 Å². The monoisotopic (exact) mass is 334 g/mol. The number of halogens is 1. The summed E-state index contributed by atoms with van der Waals surface area (Å²) in [6, 6.07) is 10.1. The van der Waals surface area contributed by atoms with Gasteiger partial charge in [-0.1, -0.05) is 24.6 Å². The molecule has 1 fully saturated rings. The standard InChI is InChI=1S/C17H22N4O.ClH/c18-16-8-4-5-14(16)9-17(22)19-10-13-11-20-21(12-13)15-6-2-1-3-7-15;/h1-3,6-7,11-12,14,16H,4-5,8-10,18H2,(H,19,22);1H/t14-,16+;/m0./s1. The van der Waals surface area contributed by atoms with Crippen LogP contribution >= 0.6 is 12.4 Å². The highest BCUT2D eigenvalue weighted by Crippen LogP contribution is 2.26. The van der Waals surface area contributed by atoms with E-state index in [0.717, 1.165) is 30.5 Å². The zero-order valence-corrected chi connectivity index (χ0v) is 13.8. The minimum absolute atomic E-state index is 0. The molecule has 1 heterocycles. The van der Waals surface area contributed by atoms with Crippen molar-refractivity contribution >= 4 is 18.3 Å². The molecule has 124 valence electrons. The fraction of sp³-hybridized carbons (Fsp3) is 0.412. The third-order valence-corrected chi connectivity index (χ3v) is 4.31. The molecular formula is C17H23ClN4O. The van der Waals surface area contributed by atoms with Crippen LogP contribution in [0.1, 0.15) is 31.2 Å². The smallest absolute Gasteiger partial charge is 0.220 e. The Morgan fingerprint density at radius 1 is 1.30 bits per heavy atom. The Balaban J connectivity index is 0.00000192. The molecule has 3 N–H and O–H groups in total. The molecule has 2 aromatic rings. The summed E-state index contributed by atoms with van der Waals surface area (Å²) < 4.78 is 1.81. The number of hydrogen-bond acceptors (Lipinski definition) is 3. The van der Waals surface area contributed by atoms with Crippen molar-refractivity contribution in [1.29, 1.82) is 0 Å². The van der Waals surface area contributed by atoms with E-state index in [1.165, 1.54) is 0 Å².